The van der Waals surface area contributed by atoms with Gasteiger partial charge in [0.15, 0.2) is 0 Å². The van der Waals surface area contributed by atoms with Gasteiger partial charge in [-0.15, -0.1) is 11.3 Å². The SMILES string of the molecule is Clc1ccc(C2=NN(c3nc(-c4ccc(Cl)cc4)cs3)C(c3ccco3)C2)cc1. The van der Waals surface area contributed by atoms with Crippen LogP contribution in [0.3, 0.4) is 0 Å². The number of thiazole rings is 1. The Bertz CT molecular complexity index is 1150. The van der Waals surface area contributed by atoms with Crippen molar-refractivity contribution in [1.29, 1.82) is 0 Å². The molecule has 0 spiro atoms. The zero-order valence-electron chi connectivity index (χ0n) is 15.1. The Hall–Kier alpha value is -2.60. The highest BCUT2D eigenvalue weighted by atomic mass is 35.5. The van der Waals surface area contributed by atoms with Crippen molar-refractivity contribution < 1.29 is 4.42 Å². The third-order valence-corrected chi connectivity index (χ3v) is 6.12. The Labute approximate surface area is 182 Å². The molecule has 0 saturated carbocycles. The number of halogens is 2. The highest BCUT2D eigenvalue weighted by Gasteiger charge is 2.33. The lowest BCUT2D eigenvalue weighted by Gasteiger charge is -2.18. The molecule has 2 aromatic carbocycles. The van der Waals surface area contributed by atoms with Crippen molar-refractivity contribution in [3.8, 4) is 11.3 Å². The largest absolute Gasteiger partial charge is 0.467 e. The van der Waals surface area contributed by atoms with Gasteiger partial charge in [0.25, 0.3) is 0 Å². The van der Waals surface area contributed by atoms with Gasteiger partial charge in [-0.1, -0.05) is 47.5 Å². The fourth-order valence-electron chi connectivity index (χ4n) is 3.33. The molecule has 2 aromatic heterocycles. The molecule has 0 saturated heterocycles. The topological polar surface area (TPSA) is 41.6 Å². The standard InChI is InChI=1S/C22H15Cl2N3OS/c23-16-7-3-14(4-8-16)18-12-20(21-2-1-11-28-21)27(26-18)22-25-19(13-29-22)15-5-9-17(24)10-6-15/h1-11,13,20H,12H2. The number of hydrogen-bond acceptors (Lipinski definition) is 5. The van der Waals surface area contributed by atoms with Crippen LogP contribution in [0, 0.1) is 0 Å². The van der Waals surface area contributed by atoms with Crippen molar-refractivity contribution >= 4 is 45.4 Å². The van der Waals surface area contributed by atoms with Crippen LogP contribution in [0.1, 0.15) is 23.8 Å². The van der Waals surface area contributed by atoms with Crippen molar-refractivity contribution in [3.63, 3.8) is 0 Å². The number of benzene rings is 2. The fourth-order valence-corrected chi connectivity index (χ4v) is 4.41. The van der Waals surface area contributed by atoms with Gasteiger partial charge in [0.1, 0.15) is 11.8 Å². The maximum atomic E-state index is 6.04. The second kappa shape index (κ2) is 7.67. The first-order chi connectivity index (χ1) is 14.2. The van der Waals surface area contributed by atoms with E-state index in [1.54, 1.807) is 17.6 Å². The average molecular weight is 440 g/mol. The quantitative estimate of drug-likeness (QED) is 0.341. The molecule has 4 nitrogen and oxygen atoms in total. The van der Waals surface area contributed by atoms with E-state index in [2.05, 4.69) is 0 Å². The van der Waals surface area contributed by atoms with E-state index in [1.807, 2.05) is 71.1 Å². The van der Waals surface area contributed by atoms with Crippen LogP contribution in [0.2, 0.25) is 10.0 Å². The van der Waals surface area contributed by atoms with E-state index in [0.29, 0.717) is 10.0 Å². The number of furan rings is 1. The second-order valence-corrected chi connectivity index (χ2v) is 8.37. The van der Waals surface area contributed by atoms with E-state index in [1.165, 1.54) is 0 Å². The molecule has 0 amide bonds. The maximum absolute atomic E-state index is 6.04. The summed E-state index contributed by atoms with van der Waals surface area (Å²) >= 11 is 13.6. The fraction of sp³-hybridized carbons (Fsp3) is 0.0909. The Morgan fingerprint density at radius 1 is 0.931 bits per heavy atom. The number of rotatable bonds is 4. The van der Waals surface area contributed by atoms with Crippen molar-refractivity contribution in [3.05, 3.63) is 93.7 Å². The molecule has 144 valence electrons. The molecule has 0 aliphatic carbocycles. The first kappa shape index (κ1) is 18.4. The lowest BCUT2D eigenvalue weighted by Crippen LogP contribution is -2.17. The predicted octanol–water partition coefficient (Wildman–Crippen LogP) is 7.07. The summed E-state index contributed by atoms with van der Waals surface area (Å²) in [4.78, 5) is 4.83. The van der Waals surface area contributed by atoms with E-state index < -0.39 is 0 Å². The molecule has 0 radical (unpaired) electrons. The van der Waals surface area contributed by atoms with Crippen LogP contribution in [0.4, 0.5) is 5.13 Å². The van der Waals surface area contributed by atoms with E-state index in [-0.39, 0.29) is 6.04 Å². The summed E-state index contributed by atoms with van der Waals surface area (Å²) in [5, 5.41) is 11.1. The lowest BCUT2D eigenvalue weighted by molar-refractivity contribution is 0.465. The van der Waals surface area contributed by atoms with Gasteiger partial charge in [-0.3, -0.25) is 0 Å². The molecule has 5 rings (SSSR count). The minimum atomic E-state index is -0.0418. The Balaban J connectivity index is 1.51. The third kappa shape index (κ3) is 3.69. The molecule has 0 bridgehead atoms. The van der Waals surface area contributed by atoms with Gasteiger partial charge in [0.05, 0.1) is 17.7 Å². The van der Waals surface area contributed by atoms with E-state index in [4.69, 9.17) is 37.7 Å². The minimum Gasteiger partial charge on any atom is -0.467 e. The number of aromatic nitrogens is 1. The summed E-state index contributed by atoms with van der Waals surface area (Å²) in [6, 6.07) is 19.3. The Morgan fingerprint density at radius 2 is 1.62 bits per heavy atom. The normalized spacial score (nSPS) is 16.3. The first-order valence-electron chi connectivity index (χ1n) is 9.05. The summed E-state index contributed by atoms with van der Waals surface area (Å²) in [5.41, 5.74) is 3.94. The third-order valence-electron chi connectivity index (χ3n) is 4.79. The lowest BCUT2D eigenvalue weighted by atomic mass is 10.0. The summed E-state index contributed by atoms with van der Waals surface area (Å²) in [7, 11) is 0. The van der Waals surface area contributed by atoms with Crippen LogP contribution < -0.4 is 5.01 Å². The summed E-state index contributed by atoms with van der Waals surface area (Å²) < 4.78 is 5.70. The van der Waals surface area contributed by atoms with Gasteiger partial charge in [0.2, 0.25) is 5.13 Å². The predicted molar refractivity (Wildman–Crippen MR) is 119 cm³/mol. The van der Waals surface area contributed by atoms with Crippen LogP contribution in [-0.2, 0) is 0 Å². The van der Waals surface area contributed by atoms with Crippen LogP contribution >= 0.6 is 34.5 Å². The highest BCUT2D eigenvalue weighted by Crippen LogP contribution is 2.39. The summed E-state index contributed by atoms with van der Waals surface area (Å²) in [6.45, 7) is 0. The smallest absolute Gasteiger partial charge is 0.207 e. The molecule has 1 unspecified atom stereocenters. The molecule has 29 heavy (non-hydrogen) atoms. The van der Waals surface area contributed by atoms with Crippen LogP contribution in [-0.4, -0.2) is 10.7 Å². The van der Waals surface area contributed by atoms with Crippen molar-refractivity contribution in [2.24, 2.45) is 5.10 Å². The molecule has 1 aliphatic heterocycles. The van der Waals surface area contributed by atoms with E-state index >= 15 is 0 Å². The monoisotopic (exact) mass is 439 g/mol. The molecular formula is C22H15Cl2N3OS. The second-order valence-electron chi connectivity index (χ2n) is 6.66. The number of hydrogen-bond donors (Lipinski definition) is 0. The maximum Gasteiger partial charge on any atom is 0.207 e. The molecule has 1 aliphatic rings. The molecule has 0 fully saturated rings. The summed E-state index contributed by atoms with van der Waals surface area (Å²) in [5.74, 6) is 0.862. The van der Waals surface area contributed by atoms with Crippen molar-refractivity contribution in [1.82, 2.24) is 4.98 Å². The minimum absolute atomic E-state index is 0.0418. The average Bonchev–Trinajstić information content (AvgIpc) is 3.48. The Kier molecular flexibility index (Phi) is 4.87. The molecule has 4 aromatic rings. The van der Waals surface area contributed by atoms with Crippen LogP contribution in [0.25, 0.3) is 11.3 Å². The van der Waals surface area contributed by atoms with Gasteiger partial charge >= 0.3 is 0 Å². The highest BCUT2D eigenvalue weighted by molar-refractivity contribution is 7.14. The number of nitrogens with zero attached hydrogens (tertiary/aromatic N) is 3. The van der Waals surface area contributed by atoms with Gasteiger partial charge in [-0.2, -0.15) is 5.10 Å². The zero-order chi connectivity index (χ0) is 19.8. The van der Waals surface area contributed by atoms with Crippen molar-refractivity contribution in [2.75, 3.05) is 5.01 Å². The molecule has 3 heterocycles. The number of anilines is 1. The van der Waals surface area contributed by atoms with E-state index in [0.717, 1.165) is 39.8 Å². The van der Waals surface area contributed by atoms with Gasteiger partial charge < -0.3 is 4.42 Å². The molecular weight excluding hydrogens is 425 g/mol. The number of hydrazone groups is 1. The van der Waals surface area contributed by atoms with E-state index in [9.17, 15) is 0 Å². The molecule has 0 N–H and O–H groups in total. The Morgan fingerprint density at radius 3 is 2.28 bits per heavy atom. The van der Waals surface area contributed by atoms with Gasteiger partial charge in [-0.25, -0.2) is 9.99 Å². The van der Waals surface area contributed by atoms with Crippen molar-refractivity contribution in [2.45, 2.75) is 12.5 Å². The molecule has 7 heteroatoms. The zero-order valence-corrected chi connectivity index (χ0v) is 17.5. The van der Waals surface area contributed by atoms with Gasteiger partial charge in [-0.05, 0) is 42.0 Å². The summed E-state index contributed by atoms with van der Waals surface area (Å²) in [6.07, 6.45) is 2.42. The van der Waals surface area contributed by atoms with Crippen LogP contribution in [0.5, 0.6) is 0 Å². The first-order valence-corrected chi connectivity index (χ1v) is 10.7. The molecule has 1 atom stereocenters. The van der Waals surface area contributed by atoms with Gasteiger partial charge in [0, 0.05) is 27.4 Å². The van der Waals surface area contributed by atoms with Crippen LogP contribution in [0.15, 0.2) is 81.8 Å².